The van der Waals surface area contributed by atoms with Crippen molar-refractivity contribution in [2.75, 3.05) is 0 Å². The Morgan fingerprint density at radius 1 is 0.833 bits per heavy atom. The fraction of sp³-hybridized carbons (Fsp3) is 0.143. The molecule has 2 aromatic carbocycles. The van der Waals surface area contributed by atoms with Gasteiger partial charge in [-0.3, -0.25) is 0 Å². The van der Waals surface area contributed by atoms with Gasteiger partial charge in [-0.15, -0.1) is 0 Å². The fourth-order valence-electron chi connectivity index (χ4n) is 1.55. The summed E-state index contributed by atoms with van der Waals surface area (Å²) >= 11 is 7.19. The van der Waals surface area contributed by atoms with E-state index in [0.29, 0.717) is 5.02 Å². The number of phenolic OH excluding ortho intramolecular Hbond substituents is 1. The molecule has 0 aliphatic rings. The van der Waals surface area contributed by atoms with Crippen molar-refractivity contribution >= 4 is 31.2 Å². The molecular weight excluding hydrogens is 397 g/mol. The van der Waals surface area contributed by atoms with E-state index in [9.17, 15) is 30.3 Å². The summed E-state index contributed by atoms with van der Waals surface area (Å²) in [6.45, 7) is 0. The summed E-state index contributed by atoms with van der Waals surface area (Å²) in [7, 11) is -10.7. The van der Waals surface area contributed by atoms with Crippen molar-refractivity contribution in [1.29, 1.82) is 0 Å². The van der Waals surface area contributed by atoms with Gasteiger partial charge < -0.3 is 5.11 Å². The van der Waals surface area contributed by atoms with E-state index in [1.165, 1.54) is 17.3 Å². The van der Waals surface area contributed by atoms with Gasteiger partial charge in [0.2, 0.25) is 0 Å². The van der Waals surface area contributed by atoms with E-state index in [4.69, 9.17) is 11.6 Å². The van der Waals surface area contributed by atoms with Gasteiger partial charge in [0.25, 0.3) is 0 Å². The number of thiol groups is 1. The van der Waals surface area contributed by atoms with E-state index in [1.54, 1.807) is 6.07 Å². The van der Waals surface area contributed by atoms with Gasteiger partial charge in [-0.1, -0.05) is 48.0 Å². The van der Waals surface area contributed by atoms with E-state index < -0.39 is 7.81 Å². The van der Waals surface area contributed by atoms with Crippen LogP contribution in [-0.4, -0.2) is 5.11 Å². The number of rotatable bonds is 4. The Kier molecular flexibility index (Phi) is 6.12. The van der Waals surface area contributed by atoms with Crippen LogP contribution in [-0.2, 0) is 23.3 Å². The third-order valence-electron chi connectivity index (χ3n) is 2.44. The van der Waals surface area contributed by atoms with E-state index in [1.807, 2.05) is 18.2 Å². The Balaban J connectivity index is 0.000000351. The second kappa shape index (κ2) is 7.02. The molecular formula is C14H14ClF6OPS. The van der Waals surface area contributed by atoms with Crippen LogP contribution in [0, 0.1) is 0 Å². The summed E-state index contributed by atoms with van der Waals surface area (Å²) in [4.78, 5) is 0. The number of phenols is 1. The monoisotopic (exact) mass is 410 g/mol. The van der Waals surface area contributed by atoms with Crippen LogP contribution in [0.25, 0.3) is 0 Å². The van der Waals surface area contributed by atoms with Gasteiger partial charge in [0.15, 0.2) is 0 Å². The Hall–Kier alpha value is -1.11. The first kappa shape index (κ1) is 20.9. The second-order valence-corrected chi connectivity index (χ2v) is 8.17. The molecule has 0 spiro atoms. The van der Waals surface area contributed by atoms with Crippen LogP contribution in [0.15, 0.2) is 48.5 Å². The van der Waals surface area contributed by atoms with Crippen LogP contribution >= 0.6 is 19.4 Å². The van der Waals surface area contributed by atoms with Crippen molar-refractivity contribution in [1.82, 2.24) is 0 Å². The molecule has 0 unspecified atom stereocenters. The molecule has 2 aromatic rings. The zero-order chi connectivity index (χ0) is 18.5. The minimum absolute atomic E-state index is 0.148. The molecule has 24 heavy (non-hydrogen) atoms. The topological polar surface area (TPSA) is 20.2 Å². The molecule has 0 amide bonds. The number of benzene rings is 2. The Labute approximate surface area is 143 Å². The molecule has 1 N–H and O–H groups in total. The Morgan fingerprint density at radius 3 is 1.83 bits per heavy atom. The van der Waals surface area contributed by atoms with Crippen LogP contribution in [0.2, 0.25) is 5.02 Å². The molecule has 0 aliphatic carbocycles. The summed E-state index contributed by atoms with van der Waals surface area (Å²) in [6.07, 6.45) is 0. The van der Waals surface area contributed by atoms with E-state index in [2.05, 4.69) is 24.3 Å². The predicted molar refractivity (Wildman–Crippen MR) is 89.3 cm³/mol. The zero-order valence-electron chi connectivity index (χ0n) is 12.0. The number of hydrogen-bond acceptors (Lipinski definition) is 1. The fourth-order valence-corrected chi connectivity index (χ4v) is 2.79. The van der Waals surface area contributed by atoms with Crippen molar-refractivity contribution in [2.24, 2.45) is 0 Å². The maximum Gasteiger partial charge on any atom is 0.134 e. The molecule has 0 saturated carbocycles. The molecule has 1 nitrogen and oxygen atoms in total. The minimum atomic E-state index is -10.7. The third-order valence-corrected chi connectivity index (χ3v) is 3.92. The van der Waals surface area contributed by atoms with Crippen molar-refractivity contribution in [3.63, 3.8) is 0 Å². The van der Waals surface area contributed by atoms with E-state index >= 15 is 0 Å². The van der Waals surface area contributed by atoms with Gasteiger partial charge in [-0.2, -0.15) is 0 Å². The summed E-state index contributed by atoms with van der Waals surface area (Å²) in [5, 5.41) is 9.74. The molecule has 0 aliphatic heterocycles. The smallest absolute Gasteiger partial charge is 0.134 e. The average Bonchev–Trinajstić information content (AvgIpc) is 2.41. The Morgan fingerprint density at radius 2 is 1.33 bits per heavy atom. The first-order chi connectivity index (χ1) is 10.7. The van der Waals surface area contributed by atoms with Crippen molar-refractivity contribution in [3.8, 4) is 5.75 Å². The standard InChI is InChI=1S/C14H13ClOS.F6P/c15-13-8-12(6-7-14(13)16)10-17-9-11-4-2-1-3-5-11;1-7(2,3,4,5)6/h1-8,16H,9-10H2;/q;-1/p+1. The zero-order valence-corrected chi connectivity index (χ0v) is 14.6. The van der Waals surface area contributed by atoms with Crippen LogP contribution in [0.3, 0.4) is 0 Å². The van der Waals surface area contributed by atoms with Gasteiger partial charge in [0.1, 0.15) is 17.3 Å². The summed E-state index contributed by atoms with van der Waals surface area (Å²) in [5.74, 6) is 2.14. The largest absolute Gasteiger partial charge is 0.506 e. The Bertz CT molecular complexity index is 667. The second-order valence-electron chi connectivity index (χ2n) is 4.77. The number of hydrogen-bond donors (Lipinski definition) is 1. The van der Waals surface area contributed by atoms with Gasteiger partial charge in [0, 0.05) is 11.1 Å². The first-order valence-electron chi connectivity index (χ1n) is 6.42. The average molecular weight is 411 g/mol. The van der Waals surface area contributed by atoms with Crippen LogP contribution in [0.4, 0.5) is 25.2 Å². The minimum Gasteiger partial charge on any atom is -0.506 e. The molecule has 0 saturated heterocycles. The molecule has 10 heteroatoms. The van der Waals surface area contributed by atoms with Gasteiger partial charge >= 0.3 is 33.0 Å². The quantitative estimate of drug-likeness (QED) is 0.250. The molecule has 2 rings (SSSR count). The van der Waals surface area contributed by atoms with Crippen LogP contribution < -0.4 is 0 Å². The van der Waals surface area contributed by atoms with Crippen molar-refractivity contribution in [2.45, 2.75) is 11.5 Å². The van der Waals surface area contributed by atoms with Gasteiger partial charge in [-0.05, 0) is 23.9 Å². The molecule has 0 atom stereocenters. The van der Waals surface area contributed by atoms with Crippen molar-refractivity contribution in [3.05, 3.63) is 64.7 Å². The van der Waals surface area contributed by atoms with Crippen LogP contribution in [0.5, 0.6) is 5.75 Å². The molecule has 136 valence electrons. The molecule has 0 radical (unpaired) electrons. The molecule has 0 bridgehead atoms. The third kappa shape index (κ3) is 12.3. The van der Waals surface area contributed by atoms with Gasteiger partial charge in [0.05, 0.1) is 5.02 Å². The molecule has 0 aromatic heterocycles. The SMILES string of the molecule is F[P-](F)(F)(F)(F)F.Oc1ccc(C[SH+]Cc2ccccc2)cc1Cl. The maximum atomic E-state index is 9.87. The molecule has 0 fully saturated rings. The number of aromatic hydroxyl groups is 1. The number of halogens is 7. The maximum absolute atomic E-state index is 10.7. The summed E-state index contributed by atoms with van der Waals surface area (Å²) < 4.78 is 59.2. The molecule has 0 heterocycles. The van der Waals surface area contributed by atoms with Crippen molar-refractivity contribution < 1.29 is 30.3 Å². The summed E-state index contributed by atoms with van der Waals surface area (Å²) in [5.41, 5.74) is 2.50. The first-order valence-corrected chi connectivity index (χ1v) is 10.1. The summed E-state index contributed by atoms with van der Waals surface area (Å²) in [6, 6.07) is 15.8. The van der Waals surface area contributed by atoms with Gasteiger partial charge in [-0.25, -0.2) is 0 Å². The van der Waals surface area contributed by atoms with Crippen LogP contribution in [0.1, 0.15) is 11.1 Å². The normalized spacial score (nSPS) is 14.1. The van der Waals surface area contributed by atoms with E-state index in [0.717, 1.165) is 17.1 Å². The predicted octanol–water partition coefficient (Wildman–Crippen LogP) is 6.94. The van der Waals surface area contributed by atoms with E-state index in [-0.39, 0.29) is 5.75 Å².